The van der Waals surface area contributed by atoms with E-state index in [4.69, 9.17) is 5.26 Å². The van der Waals surface area contributed by atoms with Gasteiger partial charge in [-0.15, -0.1) is 0 Å². The van der Waals surface area contributed by atoms with Gasteiger partial charge in [0, 0.05) is 61.9 Å². The number of halogens is 1. The molecule has 3 aromatic heterocycles. The van der Waals surface area contributed by atoms with E-state index < -0.39 is 11.7 Å². The number of amides is 1. The number of benzene rings is 1. The molecule has 4 heterocycles. The maximum Gasteiger partial charge on any atom is 0.257 e. The van der Waals surface area contributed by atoms with E-state index >= 15 is 0 Å². The SMILES string of the molecule is Cc1cn2cc(NC(=O)c3ccc(N4CCNCC4)c4cn(CC#N)nc34)cc(F)c2n1. The monoisotopic (exact) mass is 432 g/mol. The largest absolute Gasteiger partial charge is 0.368 e. The highest BCUT2D eigenvalue weighted by molar-refractivity contribution is 6.13. The highest BCUT2D eigenvalue weighted by Gasteiger charge is 2.21. The molecule has 10 heteroatoms. The van der Waals surface area contributed by atoms with Crippen LogP contribution >= 0.6 is 0 Å². The minimum atomic E-state index is -0.520. The first-order chi connectivity index (χ1) is 15.5. The van der Waals surface area contributed by atoms with Gasteiger partial charge >= 0.3 is 0 Å². The van der Waals surface area contributed by atoms with Gasteiger partial charge < -0.3 is 19.9 Å². The molecule has 5 rings (SSSR count). The molecule has 0 radical (unpaired) electrons. The molecule has 1 aromatic carbocycles. The lowest BCUT2D eigenvalue weighted by atomic mass is 10.1. The number of nitriles is 1. The number of imidazole rings is 1. The summed E-state index contributed by atoms with van der Waals surface area (Å²) in [6, 6.07) is 6.97. The standard InChI is InChI=1S/C22H21FN8O/c1-14-11-30-12-15(10-18(23)21(30)26-14)27-22(32)16-2-3-19(29-8-5-25-6-9-29)17-13-31(7-4-24)28-20(16)17/h2-3,10-13,25H,5-9H2,1H3,(H,27,32). The van der Waals surface area contributed by atoms with Gasteiger partial charge in [-0.1, -0.05) is 0 Å². The minimum absolute atomic E-state index is 0.0819. The van der Waals surface area contributed by atoms with Crippen LogP contribution in [-0.2, 0) is 6.54 Å². The van der Waals surface area contributed by atoms with Crippen LogP contribution in [0.15, 0.2) is 36.8 Å². The molecule has 32 heavy (non-hydrogen) atoms. The first kappa shape index (κ1) is 20.0. The van der Waals surface area contributed by atoms with Crippen molar-refractivity contribution in [3.05, 3.63) is 53.9 Å². The van der Waals surface area contributed by atoms with Gasteiger partial charge in [0.15, 0.2) is 11.5 Å². The van der Waals surface area contributed by atoms with E-state index in [2.05, 4.69) is 31.7 Å². The topological polar surface area (TPSA) is 103 Å². The molecular formula is C22H21FN8O. The predicted octanol–water partition coefficient (Wildman–Crippen LogP) is 2.32. The van der Waals surface area contributed by atoms with Gasteiger partial charge in [0.1, 0.15) is 12.1 Å². The quantitative estimate of drug-likeness (QED) is 0.513. The number of carbonyl (C=O) groups excluding carboxylic acids is 1. The summed E-state index contributed by atoms with van der Waals surface area (Å²) in [5.74, 6) is -0.923. The molecule has 0 atom stereocenters. The van der Waals surface area contributed by atoms with Crippen molar-refractivity contribution >= 4 is 33.8 Å². The molecular weight excluding hydrogens is 411 g/mol. The summed E-state index contributed by atoms with van der Waals surface area (Å²) in [4.78, 5) is 19.5. The molecule has 162 valence electrons. The molecule has 9 nitrogen and oxygen atoms in total. The minimum Gasteiger partial charge on any atom is -0.368 e. The van der Waals surface area contributed by atoms with Crippen LogP contribution in [0, 0.1) is 24.1 Å². The second-order valence-corrected chi connectivity index (χ2v) is 7.76. The number of hydrogen-bond acceptors (Lipinski definition) is 6. The Morgan fingerprint density at radius 3 is 2.88 bits per heavy atom. The van der Waals surface area contributed by atoms with Crippen LogP contribution in [0.3, 0.4) is 0 Å². The van der Waals surface area contributed by atoms with Crippen LogP contribution in [0.25, 0.3) is 16.6 Å². The Hall–Kier alpha value is -3.97. The molecule has 1 amide bonds. The molecule has 1 saturated heterocycles. The smallest absolute Gasteiger partial charge is 0.257 e. The zero-order chi connectivity index (χ0) is 22.2. The third kappa shape index (κ3) is 3.52. The third-order valence-electron chi connectivity index (χ3n) is 5.52. The summed E-state index contributed by atoms with van der Waals surface area (Å²) in [7, 11) is 0. The van der Waals surface area contributed by atoms with Crippen molar-refractivity contribution in [2.24, 2.45) is 0 Å². The van der Waals surface area contributed by atoms with Crippen LogP contribution in [0.4, 0.5) is 15.8 Å². The lowest BCUT2D eigenvalue weighted by Gasteiger charge is -2.30. The maximum atomic E-state index is 14.4. The normalized spacial score (nSPS) is 14.1. The second kappa shape index (κ2) is 7.94. The number of nitrogens with one attached hydrogen (secondary N) is 2. The summed E-state index contributed by atoms with van der Waals surface area (Å²) >= 11 is 0. The van der Waals surface area contributed by atoms with Crippen molar-refractivity contribution in [1.82, 2.24) is 24.5 Å². The predicted molar refractivity (Wildman–Crippen MR) is 118 cm³/mol. The number of aromatic nitrogens is 4. The van der Waals surface area contributed by atoms with E-state index in [1.807, 2.05) is 6.07 Å². The van der Waals surface area contributed by atoms with E-state index in [1.165, 1.54) is 10.7 Å². The summed E-state index contributed by atoms with van der Waals surface area (Å²) in [6.45, 7) is 5.29. The van der Waals surface area contributed by atoms with E-state index in [9.17, 15) is 9.18 Å². The molecule has 0 spiro atoms. The fourth-order valence-corrected chi connectivity index (χ4v) is 4.10. The lowest BCUT2D eigenvalue weighted by Crippen LogP contribution is -2.43. The second-order valence-electron chi connectivity index (χ2n) is 7.76. The molecule has 0 bridgehead atoms. The number of anilines is 2. The Labute approximate surface area is 183 Å². The molecule has 0 unspecified atom stereocenters. The Bertz CT molecular complexity index is 1380. The number of piperazine rings is 1. The van der Waals surface area contributed by atoms with Crippen LogP contribution in [0.1, 0.15) is 16.1 Å². The van der Waals surface area contributed by atoms with Crippen LogP contribution in [0.5, 0.6) is 0 Å². The average molecular weight is 432 g/mol. The van der Waals surface area contributed by atoms with Crippen molar-refractivity contribution in [1.29, 1.82) is 5.26 Å². The fraction of sp³-hybridized carbons (Fsp3) is 0.273. The Kier molecular flexibility index (Phi) is 4.95. The Balaban J connectivity index is 1.53. The number of aryl methyl sites for hydroxylation is 1. The van der Waals surface area contributed by atoms with Gasteiger partial charge in [-0.05, 0) is 19.1 Å². The van der Waals surface area contributed by atoms with Crippen molar-refractivity contribution < 1.29 is 9.18 Å². The van der Waals surface area contributed by atoms with Gasteiger partial charge in [-0.3, -0.25) is 9.48 Å². The fourth-order valence-electron chi connectivity index (χ4n) is 4.10. The maximum absolute atomic E-state index is 14.4. The van der Waals surface area contributed by atoms with E-state index in [0.717, 1.165) is 37.3 Å². The van der Waals surface area contributed by atoms with Crippen molar-refractivity contribution in [2.75, 3.05) is 36.4 Å². The Morgan fingerprint density at radius 2 is 2.09 bits per heavy atom. The highest BCUT2D eigenvalue weighted by Crippen LogP contribution is 2.30. The van der Waals surface area contributed by atoms with Crippen LogP contribution < -0.4 is 15.5 Å². The zero-order valence-electron chi connectivity index (χ0n) is 17.5. The molecule has 0 aliphatic carbocycles. The number of hydrogen-bond donors (Lipinski definition) is 2. The molecule has 4 aromatic rings. The lowest BCUT2D eigenvalue weighted by molar-refractivity contribution is 0.102. The van der Waals surface area contributed by atoms with Gasteiger partial charge in [0.25, 0.3) is 5.91 Å². The van der Waals surface area contributed by atoms with Crippen molar-refractivity contribution in [2.45, 2.75) is 13.5 Å². The van der Waals surface area contributed by atoms with Gasteiger partial charge in [0.2, 0.25) is 0 Å². The average Bonchev–Trinajstić information content (AvgIpc) is 3.37. The van der Waals surface area contributed by atoms with Gasteiger partial charge in [0.05, 0.1) is 23.0 Å². The number of pyridine rings is 1. The van der Waals surface area contributed by atoms with Crippen LogP contribution in [-0.4, -0.2) is 51.3 Å². The molecule has 1 aliphatic rings. The number of fused-ring (bicyclic) bond motifs is 2. The van der Waals surface area contributed by atoms with E-state index in [0.29, 0.717) is 22.5 Å². The van der Waals surface area contributed by atoms with Crippen molar-refractivity contribution in [3.63, 3.8) is 0 Å². The molecule has 2 N–H and O–H groups in total. The number of carbonyl (C=O) groups is 1. The van der Waals surface area contributed by atoms with Crippen molar-refractivity contribution in [3.8, 4) is 6.07 Å². The molecule has 1 fully saturated rings. The van der Waals surface area contributed by atoms with E-state index in [-0.39, 0.29) is 12.2 Å². The van der Waals surface area contributed by atoms with E-state index in [1.54, 1.807) is 36.0 Å². The first-order valence-corrected chi connectivity index (χ1v) is 10.3. The first-order valence-electron chi connectivity index (χ1n) is 10.3. The number of rotatable bonds is 4. The molecule has 0 saturated carbocycles. The number of nitrogens with zero attached hydrogens (tertiary/aromatic N) is 6. The van der Waals surface area contributed by atoms with Crippen LogP contribution in [0.2, 0.25) is 0 Å². The highest BCUT2D eigenvalue weighted by atomic mass is 19.1. The molecule has 1 aliphatic heterocycles. The van der Waals surface area contributed by atoms with Gasteiger partial charge in [-0.2, -0.15) is 10.4 Å². The summed E-state index contributed by atoms with van der Waals surface area (Å²) in [5.41, 5.74) is 3.04. The summed E-state index contributed by atoms with van der Waals surface area (Å²) < 4.78 is 17.5. The Morgan fingerprint density at radius 1 is 1.28 bits per heavy atom. The zero-order valence-corrected chi connectivity index (χ0v) is 17.5. The summed E-state index contributed by atoms with van der Waals surface area (Å²) in [6.07, 6.45) is 5.11. The summed E-state index contributed by atoms with van der Waals surface area (Å²) in [5, 5.41) is 20.5. The van der Waals surface area contributed by atoms with Gasteiger partial charge in [-0.25, -0.2) is 9.37 Å². The third-order valence-corrected chi connectivity index (χ3v) is 5.52.